The lowest BCUT2D eigenvalue weighted by atomic mass is 10.2. The topological polar surface area (TPSA) is 6.48 Å². The average Bonchev–Trinajstić information content (AvgIpc) is 2.20. The van der Waals surface area contributed by atoms with Crippen LogP contribution in [0.4, 0.5) is 5.69 Å². The van der Waals surface area contributed by atoms with Gasteiger partial charge in [0.1, 0.15) is 0 Å². The van der Waals surface area contributed by atoms with Crippen molar-refractivity contribution in [3.05, 3.63) is 30.3 Å². The van der Waals surface area contributed by atoms with E-state index in [4.69, 9.17) is 11.8 Å². The number of piperazine rings is 1. The third-order valence-corrected chi connectivity index (χ3v) is 2.68. The molecule has 13 heavy (non-hydrogen) atoms. The third kappa shape index (κ3) is 2.14. The molecule has 1 aliphatic rings. The Bertz CT molecular complexity index is 255. The van der Waals surface area contributed by atoms with Crippen LogP contribution in [-0.2, 0) is 0 Å². The van der Waals surface area contributed by atoms with Crippen LogP contribution in [0, 0.1) is 0 Å². The lowest BCUT2D eigenvalue weighted by Gasteiger charge is -2.32. The largest absolute Gasteiger partial charge is 0.369 e. The van der Waals surface area contributed by atoms with Gasteiger partial charge in [-0.05, 0) is 23.9 Å². The number of para-hydroxylation sites is 1. The number of nitrogens with zero attached hydrogens (tertiary/aromatic N) is 2. The molecule has 0 amide bonds. The average molecular weight is 197 g/mol. The van der Waals surface area contributed by atoms with Crippen LogP contribution in [0.3, 0.4) is 0 Å². The Morgan fingerprint density at radius 3 is 2.15 bits per heavy atom. The zero-order chi connectivity index (χ0) is 9.10. The number of rotatable bonds is 1. The van der Waals surface area contributed by atoms with Crippen molar-refractivity contribution in [2.24, 2.45) is 0 Å². The summed E-state index contributed by atoms with van der Waals surface area (Å²) in [6, 6.07) is 10.5. The first-order valence-electron chi connectivity index (χ1n) is 4.57. The lowest BCUT2D eigenvalue weighted by Crippen LogP contribution is -2.42. The van der Waals surface area contributed by atoms with E-state index in [1.54, 1.807) is 0 Å². The number of hydrogen-bond acceptors (Lipinski definition) is 2. The third-order valence-electron chi connectivity index (χ3n) is 2.35. The molecule has 1 saturated heterocycles. The summed E-state index contributed by atoms with van der Waals surface area (Å²) in [6.45, 7) is 3.92. The summed E-state index contributed by atoms with van der Waals surface area (Å²) in [5.74, 6) is 0. The van der Waals surface area contributed by atoms with Crippen LogP contribution in [0.25, 0.3) is 0 Å². The zero-order valence-corrected chi connectivity index (χ0v) is 8.24. The molecule has 0 aromatic heterocycles. The van der Waals surface area contributed by atoms with Gasteiger partial charge in [0.25, 0.3) is 0 Å². The Morgan fingerprint density at radius 2 is 1.54 bits per heavy atom. The van der Waals surface area contributed by atoms with Crippen molar-refractivity contribution < 1.29 is 0 Å². The van der Waals surface area contributed by atoms with Crippen molar-refractivity contribution in [3.63, 3.8) is 0 Å². The molecular weight excluding hydrogens is 184 g/mol. The highest BCUT2D eigenvalue weighted by Crippen LogP contribution is 2.15. The monoisotopic (exact) mass is 196 g/mol. The zero-order valence-electron chi connectivity index (χ0n) is 7.49. The lowest BCUT2D eigenvalue weighted by molar-refractivity contribution is 0.416. The van der Waals surface area contributed by atoms with E-state index < -0.39 is 0 Å². The van der Waals surface area contributed by atoms with E-state index in [1.165, 1.54) is 5.69 Å². The minimum atomic E-state index is 0.941. The van der Waals surface area contributed by atoms with E-state index in [-0.39, 0.29) is 0 Å². The predicted octanol–water partition coefficient (Wildman–Crippen LogP) is 1.96. The maximum absolute atomic E-state index is 5.88. The van der Waals surface area contributed by atoms with Crippen molar-refractivity contribution in [1.82, 2.24) is 4.42 Å². The molecule has 0 N–H and O–H groups in total. The molecule has 1 aliphatic heterocycles. The molecule has 0 saturated carbocycles. The molecule has 0 atom stereocenters. The van der Waals surface area contributed by atoms with Gasteiger partial charge in [-0.2, -0.15) is 0 Å². The van der Waals surface area contributed by atoms with Gasteiger partial charge in [-0.15, -0.1) is 0 Å². The first-order chi connectivity index (χ1) is 6.36. The Kier molecular flexibility index (Phi) is 2.71. The molecule has 0 unspecified atom stereocenters. The van der Waals surface area contributed by atoms with E-state index >= 15 is 0 Å². The first-order valence-corrected chi connectivity index (χ1v) is 4.91. The fourth-order valence-electron chi connectivity index (χ4n) is 1.58. The van der Waals surface area contributed by atoms with Gasteiger partial charge in [0.05, 0.1) is 0 Å². The van der Waals surface area contributed by atoms with Crippen LogP contribution in [0.1, 0.15) is 0 Å². The summed E-state index contributed by atoms with van der Waals surface area (Å²) in [6.07, 6.45) is 0. The molecule has 70 valence electrons. The van der Waals surface area contributed by atoms with Gasteiger partial charge in [-0.25, -0.2) is 4.42 Å². The van der Waals surface area contributed by atoms with Crippen molar-refractivity contribution in [3.8, 4) is 0 Å². The van der Waals surface area contributed by atoms with Crippen molar-refractivity contribution in [2.45, 2.75) is 0 Å². The smallest absolute Gasteiger partial charge is 0.0367 e. The molecule has 1 aromatic rings. The van der Waals surface area contributed by atoms with Gasteiger partial charge in [0.15, 0.2) is 0 Å². The molecule has 3 heteroatoms. The molecule has 1 aromatic carbocycles. The van der Waals surface area contributed by atoms with Gasteiger partial charge in [-0.1, -0.05) is 18.2 Å². The maximum Gasteiger partial charge on any atom is 0.0367 e. The van der Waals surface area contributed by atoms with Crippen molar-refractivity contribution >= 4 is 17.5 Å². The van der Waals surface area contributed by atoms with Crippen molar-refractivity contribution in [1.29, 1.82) is 0 Å². The number of anilines is 1. The SMILES string of the molecule is ClN1CCN(c2ccccc2)CC1. The van der Waals surface area contributed by atoms with Crippen molar-refractivity contribution in [2.75, 3.05) is 31.1 Å². The predicted molar refractivity (Wildman–Crippen MR) is 56.1 cm³/mol. The molecule has 0 aliphatic carbocycles. The molecule has 1 fully saturated rings. The Hall–Kier alpha value is -0.730. The molecule has 0 spiro atoms. The van der Waals surface area contributed by atoms with Gasteiger partial charge < -0.3 is 4.90 Å². The molecule has 0 radical (unpaired) electrons. The normalized spacial score (nSPS) is 19.0. The quantitative estimate of drug-likeness (QED) is 0.634. The fraction of sp³-hybridized carbons (Fsp3) is 0.400. The fourth-order valence-corrected chi connectivity index (χ4v) is 1.73. The molecular formula is C10H13ClN2. The Balaban J connectivity index is 2.03. The standard InChI is InChI=1S/C10H13ClN2/c11-13-8-6-12(7-9-13)10-4-2-1-3-5-10/h1-5H,6-9H2. The number of hydrogen-bond donors (Lipinski definition) is 0. The van der Waals surface area contributed by atoms with Crippen LogP contribution >= 0.6 is 11.8 Å². The minimum Gasteiger partial charge on any atom is -0.369 e. The Morgan fingerprint density at radius 1 is 0.923 bits per heavy atom. The number of benzene rings is 1. The van der Waals surface area contributed by atoms with E-state index in [0.29, 0.717) is 0 Å². The van der Waals surface area contributed by atoms with Gasteiger partial charge in [0.2, 0.25) is 0 Å². The van der Waals surface area contributed by atoms with Gasteiger partial charge in [0, 0.05) is 31.9 Å². The molecule has 0 bridgehead atoms. The summed E-state index contributed by atoms with van der Waals surface area (Å²) in [5, 5.41) is 0. The minimum absolute atomic E-state index is 0.941. The van der Waals surface area contributed by atoms with Crippen LogP contribution in [0.15, 0.2) is 30.3 Å². The van der Waals surface area contributed by atoms with Crippen LogP contribution in [-0.4, -0.2) is 30.6 Å². The highest BCUT2D eigenvalue weighted by molar-refractivity contribution is 6.13. The molecule has 1 heterocycles. The molecule has 2 nitrogen and oxygen atoms in total. The molecule has 2 rings (SSSR count). The first kappa shape index (κ1) is 8.85. The van der Waals surface area contributed by atoms with E-state index in [0.717, 1.165) is 26.2 Å². The number of halogens is 1. The summed E-state index contributed by atoms with van der Waals surface area (Å²) < 4.78 is 1.85. The Labute approximate surface area is 83.8 Å². The van der Waals surface area contributed by atoms with E-state index in [1.807, 2.05) is 10.5 Å². The van der Waals surface area contributed by atoms with Crippen LogP contribution in [0.5, 0.6) is 0 Å². The summed E-state index contributed by atoms with van der Waals surface area (Å²) in [7, 11) is 0. The second-order valence-electron chi connectivity index (χ2n) is 3.23. The highest BCUT2D eigenvalue weighted by Gasteiger charge is 2.14. The second-order valence-corrected chi connectivity index (χ2v) is 3.71. The van der Waals surface area contributed by atoms with Gasteiger partial charge in [-0.3, -0.25) is 0 Å². The summed E-state index contributed by atoms with van der Waals surface area (Å²) in [4.78, 5) is 2.36. The maximum atomic E-state index is 5.88. The van der Waals surface area contributed by atoms with Crippen LogP contribution in [0.2, 0.25) is 0 Å². The van der Waals surface area contributed by atoms with E-state index in [9.17, 15) is 0 Å². The van der Waals surface area contributed by atoms with Gasteiger partial charge >= 0.3 is 0 Å². The summed E-state index contributed by atoms with van der Waals surface area (Å²) >= 11 is 5.88. The van der Waals surface area contributed by atoms with Crippen LogP contribution < -0.4 is 4.90 Å². The van der Waals surface area contributed by atoms with E-state index in [2.05, 4.69) is 29.2 Å². The highest BCUT2D eigenvalue weighted by atomic mass is 35.5. The second kappa shape index (κ2) is 3.99. The summed E-state index contributed by atoms with van der Waals surface area (Å²) in [5.41, 5.74) is 1.30.